The smallest absolute Gasteiger partial charge is 0.197 e. The van der Waals surface area contributed by atoms with Gasteiger partial charge in [0, 0.05) is 0 Å². The van der Waals surface area contributed by atoms with Gasteiger partial charge in [-0.1, -0.05) is 37.5 Å². The van der Waals surface area contributed by atoms with Gasteiger partial charge in [-0.05, 0) is 31.9 Å². The maximum atomic E-state index is 5.87. The third-order valence-electron chi connectivity index (χ3n) is 2.98. The first-order chi connectivity index (χ1) is 7.84. The minimum absolute atomic E-state index is 0.148. The molecule has 16 heavy (non-hydrogen) atoms. The van der Waals surface area contributed by atoms with Gasteiger partial charge < -0.3 is 9.47 Å². The molecule has 1 aliphatic carbocycles. The van der Waals surface area contributed by atoms with E-state index in [1.165, 1.54) is 32.1 Å². The van der Waals surface area contributed by atoms with Crippen LogP contribution in [0, 0.1) is 0 Å². The van der Waals surface area contributed by atoms with Crippen LogP contribution in [0.1, 0.15) is 39.0 Å². The molecule has 0 radical (unpaired) electrons. The molecule has 0 aromatic heterocycles. The lowest BCUT2D eigenvalue weighted by molar-refractivity contribution is -0.116. The van der Waals surface area contributed by atoms with Gasteiger partial charge in [-0.3, -0.25) is 0 Å². The zero-order valence-electron chi connectivity index (χ0n) is 9.89. The number of rotatable bonds is 4. The van der Waals surface area contributed by atoms with Gasteiger partial charge in [0.15, 0.2) is 6.29 Å². The van der Waals surface area contributed by atoms with Crippen LogP contribution >= 0.6 is 0 Å². The lowest BCUT2D eigenvalue weighted by Gasteiger charge is -2.25. The van der Waals surface area contributed by atoms with E-state index in [1.807, 2.05) is 37.3 Å². The molecule has 1 saturated carbocycles. The van der Waals surface area contributed by atoms with Gasteiger partial charge in [-0.15, -0.1) is 0 Å². The quantitative estimate of drug-likeness (QED) is 0.719. The van der Waals surface area contributed by atoms with Gasteiger partial charge in [-0.2, -0.15) is 0 Å². The van der Waals surface area contributed by atoms with Gasteiger partial charge >= 0.3 is 0 Å². The maximum Gasteiger partial charge on any atom is 0.197 e. The number of benzene rings is 1. The fraction of sp³-hybridized carbons (Fsp3) is 0.571. The summed E-state index contributed by atoms with van der Waals surface area (Å²) >= 11 is 0. The van der Waals surface area contributed by atoms with Crippen LogP contribution in [0.15, 0.2) is 30.3 Å². The normalized spacial score (nSPS) is 19.3. The lowest BCUT2D eigenvalue weighted by atomic mass is 9.98. The van der Waals surface area contributed by atoms with E-state index in [0.717, 1.165) is 5.75 Å². The number of hydrogen-bond donors (Lipinski definition) is 0. The summed E-state index contributed by atoms with van der Waals surface area (Å²) in [6.45, 7) is 1.97. The average molecular weight is 220 g/mol. The van der Waals surface area contributed by atoms with E-state index in [-0.39, 0.29) is 6.29 Å². The van der Waals surface area contributed by atoms with Crippen molar-refractivity contribution in [3.05, 3.63) is 30.3 Å². The monoisotopic (exact) mass is 220 g/mol. The molecule has 2 rings (SSSR count). The van der Waals surface area contributed by atoms with E-state index < -0.39 is 0 Å². The Labute approximate surface area is 97.6 Å². The predicted octanol–water partition coefficient (Wildman–Crippen LogP) is 3.76. The molecule has 1 atom stereocenters. The van der Waals surface area contributed by atoms with Crippen LogP contribution in [0.2, 0.25) is 0 Å². The summed E-state index contributed by atoms with van der Waals surface area (Å²) in [5.74, 6) is 0.880. The molecule has 1 aromatic carbocycles. The molecule has 1 aliphatic rings. The van der Waals surface area contributed by atoms with Crippen LogP contribution in [0.5, 0.6) is 5.75 Å². The van der Waals surface area contributed by atoms with Gasteiger partial charge in [-0.25, -0.2) is 0 Å². The van der Waals surface area contributed by atoms with E-state index in [0.29, 0.717) is 6.10 Å². The van der Waals surface area contributed by atoms with Crippen LogP contribution < -0.4 is 4.74 Å². The van der Waals surface area contributed by atoms with E-state index >= 15 is 0 Å². The number of para-hydroxylation sites is 1. The Bertz CT molecular complexity index is 291. The Hall–Kier alpha value is -1.02. The molecule has 2 heteroatoms. The van der Waals surface area contributed by atoms with E-state index in [2.05, 4.69) is 0 Å². The molecule has 0 heterocycles. The summed E-state index contributed by atoms with van der Waals surface area (Å²) in [7, 11) is 0. The molecule has 0 saturated heterocycles. The Morgan fingerprint density at radius 3 is 2.44 bits per heavy atom. The molecule has 1 fully saturated rings. The van der Waals surface area contributed by atoms with Crippen molar-refractivity contribution in [1.82, 2.24) is 0 Å². The Morgan fingerprint density at radius 2 is 1.75 bits per heavy atom. The minimum atomic E-state index is -0.148. The fourth-order valence-electron chi connectivity index (χ4n) is 2.19. The largest absolute Gasteiger partial charge is 0.465 e. The van der Waals surface area contributed by atoms with Gasteiger partial charge in [0.1, 0.15) is 5.75 Å². The first kappa shape index (κ1) is 11.5. The summed E-state index contributed by atoms with van der Waals surface area (Å²) in [5.41, 5.74) is 0. The Kier molecular flexibility index (Phi) is 4.23. The van der Waals surface area contributed by atoms with Crippen LogP contribution in [0.25, 0.3) is 0 Å². The lowest BCUT2D eigenvalue weighted by Crippen LogP contribution is -2.26. The summed E-state index contributed by atoms with van der Waals surface area (Å²) in [6.07, 6.45) is 6.56. The highest BCUT2D eigenvalue weighted by Crippen LogP contribution is 2.22. The SMILES string of the molecule is CC(Oc1ccccc1)OC1CCCCC1. The second-order valence-corrected chi connectivity index (χ2v) is 4.39. The van der Waals surface area contributed by atoms with Crippen LogP contribution in [-0.4, -0.2) is 12.4 Å². The molecule has 1 aromatic rings. The Morgan fingerprint density at radius 1 is 1.06 bits per heavy atom. The molecular weight excluding hydrogens is 200 g/mol. The van der Waals surface area contributed by atoms with Crippen molar-refractivity contribution < 1.29 is 9.47 Å². The topological polar surface area (TPSA) is 18.5 Å². The van der Waals surface area contributed by atoms with Crippen molar-refractivity contribution in [2.75, 3.05) is 0 Å². The predicted molar refractivity (Wildman–Crippen MR) is 64.5 cm³/mol. The third kappa shape index (κ3) is 3.53. The molecule has 0 spiro atoms. The molecule has 0 aliphatic heterocycles. The van der Waals surface area contributed by atoms with Crippen molar-refractivity contribution in [1.29, 1.82) is 0 Å². The number of hydrogen-bond acceptors (Lipinski definition) is 2. The summed E-state index contributed by atoms with van der Waals surface area (Å²) < 4.78 is 11.6. The van der Waals surface area contributed by atoms with Crippen LogP contribution in [0.4, 0.5) is 0 Å². The standard InChI is InChI=1S/C14H20O2/c1-12(15-13-8-4-2-5-9-13)16-14-10-6-3-7-11-14/h2,4-5,8-9,12,14H,3,6-7,10-11H2,1H3. The summed E-state index contributed by atoms with van der Waals surface area (Å²) in [6, 6.07) is 9.85. The van der Waals surface area contributed by atoms with Crippen molar-refractivity contribution in [2.45, 2.75) is 51.4 Å². The van der Waals surface area contributed by atoms with E-state index in [4.69, 9.17) is 9.47 Å². The molecule has 0 N–H and O–H groups in total. The molecular formula is C14H20O2. The highest BCUT2D eigenvalue weighted by molar-refractivity contribution is 5.20. The van der Waals surface area contributed by atoms with Gasteiger partial charge in [0.2, 0.25) is 0 Å². The van der Waals surface area contributed by atoms with E-state index in [9.17, 15) is 0 Å². The molecule has 2 nitrogen and oxygen atoms in total. The first-order valence-electron chi connectivity index (χ1n) is 6.22. The first-order valence-corrected chi connectivity index (χ1v) is 6.22. The second kappa shape index (κ2) is 5.90. The highest BCUT2D eigenvalue weighted by atomic mass is 16.7. The molecule has 88 valence electrons. The fourth-order valence-corrected chi connectivity index (χ4v) is 2.19. The van der Waals surface area contributed by atoms with Crippen molar-refractivity contribution in [3.63, 3.8) is 0 Å². The summed E-state index contributed by atoms with van der Waals surface area (Å²) in [4.78, 5) is 0. The average Bonchev–Trinajstić information content (AvgIpc) is 2.31. The molecule has 1 unspecified atom stereocenters. The molecule has 0 amide bonds. The van der Waals surface area contributed by atoms with Crippen LogP contribution in [0.3, 0.4) is 0 Å². The number of ether oxygens (including phenoxy) is 2. The maximum absolute atomic E-state index is 5.87. The van der Waals surface area contributed by atoms with Crippen molar-refractivity contribution >= 4 is 0 Å². The third-order valence-corrected chi connectivity index (χ3v) is 2.98. The second-order valence-electron chi connectivity index (χ2n) is 4.39. The Balaban J connectivity index is 1.77. The van der Waals surface area contributed by atoms with Gasteiger partial charge in [0.25, 0.3) is 0 Å². The summed E-state index contributed by atoms with van der Waals surface area (Å²) in [5, 5.41) is 0. The highest BCUT2D eigenvalue weighted by Gasteiger charge is 2.17. The molecule has 0 bridgehead atoms. The van der Waals surface area contributed by atoms with Gasteiger partial charge in [0.05, 0.1) is 6.10 Å². The zero-order valence-corrected chi connectivity index (χ0v) is 9.89. The van der Waals surface area contributed by atoms with E-state index in [1.54, 1.807) is 0 Å². The van der Waals surface area contributed by atoms with Crippen molar-refractivity contribution in [2.24, 2.45) is 0 Å². The minimum Gasteiger partial charge on any atom is -0.465 e. The van der Waals surface area contributed by atoms with Crippen molar-refractivity contribution in [3.8, 4) is 5.75 Å². The van der Waals surface area contributed by atoms with Crippen LogP contribution in [-0.2, 0) is 4.74 Å². The zero-order chi connectivity index (χ0) is 11.2.